The SMILES string of the molecule is CC(C)C[C@H](NC(=O)[C@H](Cc1cc(F)cc(F)c1)NC(=O)OCc1ccccc1)B1O[C@@H]2C[C@@H]3C[C@@H](C3(C)C)[C@]2(C)O1. The molecule has 0 radical (unpaired) electrons. The molecule has 0 unspecified atom stereocenters. The Morgan fingerprint density at radius 3 is 2.36 bits per heavy atom. The van der Waals surface area contributed by atoms with Crippen LogP contribution < -0.4 is 10.6 Å². The van der Waals surface area contributed by atoms with E-state index < -0.39 is 48.3 Å². The van der Waals surface area contributed by atoms with E-state index in [1.807, 2.05) is 30.3 Å². The van der Waals surface area contributed by atoms with Gasteiger partial charge in [-0.05, 0) is 72.6 Å². The van der Waals surface area contributed by atoms with Gasteiger partial charge < -0.3 is 24.7 Å². The first kappa shape index (κ1) is 30.5. The summed E-state index contributed by atoms with van der Waals surface area (Å²) in [6, 6.07) is 11.0. The summed E-state index contributed by atoms with van der Waals surface area (Å²) in [5.74, 6) is -1.37. The molecule has 3 saturated carbocycles. The molecule has 4 aliphatic rings. The highest BCUT2D eigenvalue weighted by Gasteiger charge is 2.68. The third-order valence-electron chi connectivity index (χ3n) is 9.53. The standard InChI is InChI=1S/C32H41BF2N2O5/c1-19(2)11-28(33-41-27-16-22-15-26(31(22,3)4)32(27,5)42-33)37-29(38)25(14-21-12-23(34)17-24(35)13-21)36-30(39)40-18-20-9-7-6-8-10-20/h6-10,12-13,17,19,22,25-28H,11,14-16,18H2,1-5H3,(H,36,39)(H,37,38)/t22-,25-,26-,27+,28-,32-/m0/s1. The quantitative estimate of drug-likeness (QED) is 0.357. The lowest BCUT2D eigenvalue weighted by atomic mass is 9.43. The van der Waals surface area contributed by atoms with Gasteiger partial charge in [0.25, 0.3) is 0 Å². The number of halogens is 2. The molecule has 2 N–H and O–H groups in total. The lowest BCUT2D eigenvalue weighted by Crippen LogP contribution is -2.65. The van der Waals surface area contributed by atoms with Gasteiger partial charge in [-0.1, -0.05) is 58.0 Å². The summed E-state index contributed by atoms with van der Waals surface area (Å²) in [6.45, 7) is 10.8. The van der Waals surface area contributed by atoms with E-state index in [0.717, 1.165) is 36.6 Å². The van der Waals surface area contributed by atoms with Gasteiger partial charge >= 0.3 is 13.2 Å². The Morgan fingerprint density at radius 1 is 1.02 bits per heavy atom. The number of hydrogen-bond donors (Lipinski definition) is 2. The molecule has 4 fully saturated rings. The molecule has 226 valence electrons. The first-order valence-corrected chi connectivity index (χ1v) is 14.9. The van der Waals surface area contributed by atoms with E-state index in [4.69, 9.17) is 14.0 Å². The van der Waals surface area contributed by atoms with Gasteiger partial charge in [-0.3, -0.25) is 4.79 Å². The third-order valence-corrected chi connectivity index (χ3v) is 9.53. The summed E-state index contributed by atoms with van der Waals surface area (Å²) in [4.78, 5) is 26.5. The Morgan fingerprint density at radius 2 is 1.71 bits per heavy atom. The van der Waals surface area contributed by atoms with E-state index in [-0.39, 0.29) is 36.0 Å². The van der Waals surface area contributed by atoms with E-state index in [1.165, 1.54) is 0 Å². The summed E-state index contributed by atoms with van der Waals surface area (Å²) in [5.41, 5.74) is 0.742. The van der Waals surface area contributed by atoms with Crippen molar-refractivity contribution in [1.29, 1.82) is 0 Å². The van der Waals surface area contributed by atoms with Crippen LogP contribution in [-0.4, -0.2) is 42.8 Å². The fraction of sp³-hybridized carbons (Fsp3) is 0.562. The average Bonchev–Trinajstić information content (AvgIpc) is 3.28. The van der Waals surface area contributed by atoms with Crippen molar-refractivity contribution in [2.45, 2.75) is 90.6 Å². The normalized spacial score (nSPS) is 27.0. The number of alkyl carbamates (subject to hydrolysis) is 1. The van der Waals surface area contributed by atoms with Gasteiger partial charge in [-0.25, -0.2) is 13.6 Å². The molecule has 2 amide bonds. The highest BCUT2D eigenvalue weighted by atomic mass is 19.1. The van der Waals surface area contributed by atoms with E-state index >= 15 is 0 Å². The number of benzene rings is 2. The summed E-state index contributed by atoms with van der Waals surface area (Å²) >= 11 is 0. The Balaban J connectivity index is 1.31. The van der Waals surface area contributed by atoms with Crippen molar-refractivity contribution < 1.29 is 32.4 Å². The van der Waals surface area contributed by atoms with Crippen molar-refractivity contribution in [1.82, 2.24) is 10.6 Å². The van der Waals surface area contributed by atoms with Gasteiger partial charge in [-0.15, -0.1) is 0 Å². The van der Waals surface area contributed by atoms with Crippen LogP contribution in [0.1, 0.15) is 65.0 Å². The predicted octanol–water partition coefficient (Wildman–Crippen LogP) is 5.60. The second kappa shape index (κ2) is 12.0. The number of ether oxygens (including phenoxy) is 1. The monoisotopic (exact) mass is 582 g/mol. The zero-order valence-corrected chi connectivity index (χ0v) is 25.0. The zero-order valence-electron chi connectivity index (χ0n) is 25.0. The number of amides is 2. The van der Waals surface area contributed by atoms with Crippen LogP contribution in [0.25, 0.3) is 0 Å². The highest BCUT2D eigenvalue weighted by Crippen LogP contribution is 2.65. The van der Waals surface area contributed by atoms with Crippen LogP contribution >= 0.6 is 0 Å². The molecule has 10 heteroatoms. The number of rotatable bonds is 10. The molecular weight excluding hydrogens is 541 g/mol. The minimum absolute atomic E-state index is 0.00775. The zero-order chi connectivity index (χ0) is 30.2. The van der Waals surface area contributed by atoms with Crippen LogP contribution in [0.2, 0.25) is 0 Å². The van der Waals surface area contributed by atoms with Crippen LogP contribution in [0.3, 0.4) is 0 Å². The number of carbonyl (C=O) groups excluding carboxylic acids is 2. The van der Waals surface area contributed by atoms with Gasteiger partial charge in [0.1, 0.15) is 24.3 Å². The van der Waals surface area contributed by atoms with Crippen molar-refractivity contribution in [3.05, 3.63) is 71.3 Å². The number of carbonyl (C=O) groups is 2. The van der Waals surface area contributed by atoms with Crippen molar-refractivity contribution in [3.63, 3.8) is 0 Å². The van der Waals surface area contributed by atoms with Crippen molar-refractivity contribution >= 4 is 19.1 Å². The summed E-state index contributed by atoms with van der Waals surface area (Å²) < 4.78 is 46.5. The third kappa shape index (κ3) is 6.34. The second-order valence-corrected chi connectivity index (χ2v) is 13.3. The Labute approximate surface area is 247 Å². The highest BCUT2D eigenvalue weighted by molar-refractivity contribution is 6.48. The van der Waals surface area contributed by atoms with E-state index in [9.17, 15) is 18.4 Å². The van der Waals surface area contributed by atoms with Crippen LogP contribution in [0.5, 0.6) is 0 Å². The van der Waals surface area contributed by atoms with Gasteiger partial charge in [0.15, 0.2) is 0 Å². The molecule has 3 aliphatic carbocycles. The number of hydrogen-bond acceptors (Lipinski definition) is 5. The molecule has 0 aromatic heterocycles. The maximum Gasteiger partial charge on any atom is 0.481 e. The Bertz CT molecular complexity index is 1270. The van der Waals surface area contributed by atoms with E-state index in [0.29, 0.717) is 18.3 Å². The van der Waals surface area contributed by atoms with Gasteiger partial charge in [0, 0.05) is 12.5 Å². The maximum atomic E-state index is 14.0. The van der Waals surface area contributed by atoms with Crippen LogP contribution in [0, 0.1) is 34.8 Å². The molecule has 2 aromatic carbocycles. The first-order chi connectivity index (χ1) is 19.8. The van der Waals surface area contributed by atoms with Gasteiger partial charge in [-0.2, -0.15) is 0 Å². The topological polar surface area (TPSA) is 85.9 Å². The average molecular weight is 582 g/mol. The molecule has 2 bridgehead atoms. The Hall–Kier alpha value is -2.98. The molecule has 7 nitrogen and oxygen atoms in total. The lowest BCUT2D eigenvalue weighted by molar-refractivity contribution is -0.199. The Kier molecular flexibility index (Phi) is 8.68. The molecule has 1 saturated heterocycles. The minimum atomic E-state index is -1.16. The minimum Gasteiger partial charge on any atom is -0.445 e. The number of nitrogens with one attached hydrogen (secondary N) is 2. The molecule has 2 aromatic rings. The fourth-order valence-corrected chi connectivity index (χ4v) is 7.18. The first-order valence-electron chi connectivity index (χ1n) is 14.9. The molecular formula is C32H41BF2N2O5. The second-order valence-electron chi connectivity index (χ2n) is 13.3. The van der Waals surface area contributed by atoms with Gasteiger partial charge in [0.05, 0.1) is 17.6 Å². The molecule has 42 heavy (non-hydrogen) atoms. The molecule has 6 atom stereocenters. The molecule has 6 rings (SSSR count). The van der Waals surface area contributed by atoms with Crippen molar-refractivity contribution in [3.8, 4) is 0 Å². The summed E-state index contributed by atoms with van der Waals surface area (Å²) in [7, 11) is -0.654. The van der Waals surface area contributed by atoms with Gasteiger partial charge in [0.2, 0.25) is 5.91 Å². The summed E-state index contributed by atoms with van der Waals surface area (Å²) in [6.07, 6.45) is 1.60. The maximum absolute atomic E-state index is 14.0. The van der Waals surface area contributed by atoms with E-state index in [2.05, 4.69) is 45.3 Å². The molecule has 1 heterocycles. The summed E-state index contributed by atoms with van der Waals surface area (Å²) in [5, 5.41) is 5.65. The fourth-order valence-electron chi connectivity index (χ4n) is 7.18. The largest absolute Gasteiger partial charge is 0.481 e. The van der Waals surface area contributed by atoms with Crippen LogP contribution in [0.4, 0.5) is 13.6 Å². The molecule has 0 spiro atoms. The lowest BCUT2D eigenvalue weighted by Gasteiger charge is -2.64. The van der Waals surface area contributed by atoms with Crippen molar-refractivity contribution in [2.75, 3.05) is 0 Å². The van der Waals surface area contributed by atoms with E-state index in [1.54, 1.807) is 0 Å². The predicted molar refractivity (Wildman–Crippen MR) is 155 cm³/mol. The smallest absolute Gasteiger partial charge is 0.445 e. The van der Waals surface area contributed by atoms with Crippen molar-refractivity contribution in [2.24, 2.45) is 23.2 Å². The van der Waals surface area contributed by atoms with Crippen LogP contribution in [-0.2, 0) is 31.9 Å². The van der Waals surface area contributed by atoms with Crippen LogP contribution in [0.15, 0.2) is 48.5 Å². The molecule has 1 aliphatic heterocycles.